The number of rotatable bonds is 2. The monoisotopic (exact) mass is 240 g/mol. The molecular weight excluding hydrogens is 224 g/mol. The third kappa shape index (κ3) is 1.76. The van der Waals surface area contributed by atoms with Crippen LogP contribution in [0.5, 0.6) is 0 Å². The first-order chi connectivity index (χ1) is 7.49. The van der Waals surface area contributed by atoms with Gasteiger partial charge in [-0.2, -0.15) is 0 Å². The molecule has 1 aromatic carbocycles. The molecule has 1 aromatic rings. The summed E-state index contributed by atoms with van der Waals surface area (Å²) in [5.74, 6) is 0.0422. The molecule has 0 radical (unpaired) electrons. The molecular formula is C12H16O3S. The van der Waals surface area contributed by atoms with Gasteiger partial charge in [-0.15, -0.1) is 0 Å². The van der Waals surface area contributed by atoms with E-state index in [2.05, 4.69) is 0 Å². The quantitative estimate of drug-likeness (QED) is 0.858. The van der Waals surface area contributed by atoms with Crippen LogP contribution in [0, 0.1) is 0 Å². The van der Waals surface area contributed by atoms with Crippen molar-refractivity contribution in [1.29, 1.82) is 0 Å². The first kappa shape index (κ1) is 11.6. The minimum Gasteiger partial charge on any atom is -0.385 e. The van der Waals surface area contributed by atoms with Crippen molar-refractivity contribution in [1.82, 2.24) is 0 Å². The maximum absolute atomic E-state index is 11.9. The molecule has 0 amide bonds. The van der Waals surface area contributed by atoms with Crippen molar-refractivity contribution in [2.75, 3.05) is 5.75 Å². The molecule has 88 valence electrons. The van der Waals surface area contributed by atoms with E-state index in [1.807, 2.05) is 6.92 Å². The van der Waals surface area contributed by atoms with Crippen LogP contribution >= 0.6 is 0 Å². The lowest BCUT2D eigenvalue weighted by atomic mass is 9.86. The Bertz CT molecular complexity index is 493. The van der Waals surface area contributed by atoms with Gasteiger partial charge in [-0.3, -0.25) is 0 Å². The van der Waals surface area contributed by atoms with E-state index < -0.39 is 15.4 Å². The second kappa shape index (κ2) is 3.86. The van der Waals surface area contributed by atoms with Gasteiger partial charge >= 0.3 is 0 Å². The van der Waals surface area contributed by atoms with Crippen LogP contribution in [0.4, 0.5) is 0 Å². The second-order valence-electron chi connectivity index (χ2n) is 4.35. The molecule has 1 aliphatic rings. The Labute approximate surface area is 96.0 Å². The fourth-order valence-electron chi connectivity index (χ4n) is 2.34. The summed E-state index contributed by atoms with van der Waals surface area (Å²) in [5.41, 5.74) is -0.389. The number of hydrogen-bond donors (Lipinski definition) is 1. The van der Waals surface area contributed by atoms with Crippen LogP contribution in [-0.4, -0.2) is 19.3 Å². The Morgan fingerprint density at radius 1 is 1.38 bits per heavy atom. The van der Waals surface area contributed by atoms with Gasteiger partial charge in [-0.1, -0.05) is 31.5 Å². The smallest absolute Gasteiger partial charge is 0.178 e. The molecule has 0 spiro atoms. The Kier molecular flexibility index (Phi) is 2.80. The summed E-state index contributed by atoms with van der Waals surface area (Å²) in [6.45, 7) is 1.99. The molecule has 1 aliphatic heterocycles. The highest BCUT2D eigenvalue weighted by atomic mass is 32.2. The number of sulfone groups is 1. The van der Waals surface area contributed by atoms with Crippen molar-refractivity contribution >= 4 is 9.84 Å². The lowest BCUT2D eigenvalue weighted by Crippen LogP contribution is -2.35. The van der Waals surface area contributed by atoms with Gasteiger partial charge in [-0.05, 0) is 18.9 Å². The van der Waals surface area contributed by atoms with E-state index in [0.29, 0.717) is 23.3 Å². The molecule has 4 heteroatoms. The summed E-state index contributed by atoms with van der Waals surface area (Å²) in [4.78, 5) is 0.303. The minimum atomic E-state index is -3.19. The Hall–Kier alpha value is -0.870. The van der Waals surface area contributed by atoms with Crippen molar-refractivity contribution < 1.29 is 13.5 Å². The van der Waals surface area contributed by atoms with E-state index in [4.69, 9.17) is 0 Å². The molecule has 1 heterocycles. The van der Waals surface area contributed by atoms with E-state index in [-0.39, 0.29) is 5.75 Å². The van der Waals surface area contributed by atoms with Crippen molar-refractivity contribution in [3.8, 4) is 0 Å². The van der Waals surface area contributed by atoms with Gasteiger partial charge in [0.15, 0.2) is 9.84 Å². The SMILES string of the molecule is CCCC1(O)CCS(=O)(=O)c2ccccc21. The Morgan fingerprint density at radius 2 is 2.06 bits per heavy atom. The molecule has 0 fully saturated rings. The molecule has 0 bridgehead atoms. The first-order valence-corrected chi connectivity index (χ1v) is 7.19. The number of hydrogen-bond acceptors (Lipinski definition) is 3. The summed E-state index contributed by atoms with van der Waals surface area (Å²) in [6.07, 6.45) is 1.75. The van der Waals surface area contributed by atoms with Crippen LogP contribution in [0.2, 0.25) is 0 Å². The summed E-state index contributed by atoms with van der Waals surface area (Å²) in [5, 5.41) is 10.5. The Balaban J connectivity index is 2.60. The maximum atomic E-state index is 11.9. The molecule has 0 saturated carbocycles. The third-order valence-electron chi connectivity index (χ3n) is 3.17. The standard InChI is InChI=1S/C12H16O3S/c1-2-7-12(13)8-9-16(14,15)11-6-4-3-5-10(11)12/h3-6,13H,2,7-9H2,1H3. The normalized spacial score (nSPS) is 27.4. The van der Waals surface area contributed by atoms with E-state index >= 15 is 0 Å². The van der Waals surface area contributed by atoms with Crippen LogP contribution in [0.15, 0.2) is 29.2 Å². The van der Waals surface area contributed by atoms with Gasteiger partial charge in [-0.25, -0.2) is 8.42 Å². The summed E-state index contributed by atoms with van der Waals surface area (Å²) in [6, 6.07) is 6.79. The number of fused-ring (bicyclic) bond motifs is 1. The molecule has 0 aromatic heterocycles. The average molecular weight is 240 g/mol. The van der Waals surface area contributed by atoms with Crippen LogP contribution in [0.25, 0.3) is 0 Å². The average Bonchev–Trinajstić information content (AvgIpc) is 2.26. The summed E-state index contributed by atoms with van der Waals surface area (Å²) < 4.78 is 23.7. The van der Waals surface area contributed by atoms with E-state index in [1.54, 1.807) is 24.3 Å². The zero-order chi connectivity index (χ0) is 11.8. The zero-order valence-corrected chi connectivity index (χ0v) is 10.1. The maximum Gasteiger partial charge on any atom is 0.178 e. The molecule has 1 atom stereocenters. The lowest BCUT2D eigenvalue weighted by molar-refractivity contribution is 0.0183. The number of aliphatic hydroxyl groups is 1. The highest BCUT2D eigenvalue weighted by Crippen LogP contribution is 2.39. The highest BCUT2D eigenvalue weighted by Gasteiger charge is 2.39. The largest absolute Gasteiger partial charge is 0.385 e. The van der Waals surface area contributed by atoms with Gasteiger partial charge in [0.2, 0.25) is 0 Å². The highest BCUT2D eigenvalue weighted by molar-refractivity contribution is 7.91. The van der Waals surface area contributed by atoms with Crippen LogP contribution in [0.1, 0.15) is 31.7 Å². The molecule has 0 saturated heterocycles. The summed E-state index contributed by atoms with van der Waals surface area (Å²) in [7, 11) is -3.19. The topological polar surface area (TPSA) is 54.4 Å². The molecule has 0 aliphatic carbocycles. The van der Waals surface area contributed by atoms with Crippen molar-refractivity contribution in [2.24, 2.45) is 0 Å². The second-order valence-corrected chi connectivity index (χ2v) is 6.42. The van der Waals surface area contributed by atoms with Gasteiger partial charge in [0.1, 0.15) is 0 Å². The molecule has 3 nitrogen and oxygen atoms in total. The fraction of sp³-hybridized carbons (Fsp3) is 0.500. The zero-order valence-electron chi connectivity index (χ0n) is 9.31. The Morgan fingerprint density at radius 3 is 2.75 bits per heavy atom. The molecule has 2 rings (SSSR count). The predicted molar refractivity (Wildman–Crippen MR) is 61.9 cm³/mol. The van der Waals surface area contributed by atoms with Crippen molar-refractivity contribution in [3.05, 3.63) is 29.8 Å². The number of benzene rings is 1. The first-order valence-electron chi connectivity index (χ1n) is 5.54. The van der Waals surface area contributed by atoms with Crippen LogP contribution in [-0.2, 0) is 15.4 Å². The fourth-order valence-corrected chi connectivity index (χ4v) is 4.05. The van der Waals surface area contributed by atoms with Crippen LogP contribution in [0.3, 0.4) is 0 Å². The molecule has 1 N–H and O–H groups in total. The molecule has 1 unspecified atom stereocenters. The van der Waals surface area contributed by atoms with E-state index in [1.165, 1.54) is 0 Å². The van der Waals surface area contributed by atoms with E-state index in [9.17, 15) is 13.5 Å². The van der Waals surface area contributed by atoms with Gasteiger partial charge in [0, 0.05) is 5.56 Å². The predicted octanol–water partition coefficient (Wildman–Crippen LogP) is 1.85. The van der Waals surface area contributed by atoms with Crippen molar-refractivity contribution in [3.63, 3.8) is 0 Å². The van der Waals surface area contributed by atoms with Gasteiger partial charge < -0.3 is 5.11 Å². The van der Waals surface area contributed by atoms with Crippen LogP contribution < -0.4 is 0 Å². The van der Waals surface area contributed by atoms with Crippen molar-refractivity contribution in [2.45, 2.75) is 36.7 Å². The third-order valence-corrected chi connectivity index (χ3v) is 4.94. The summed E-state index contributed by atoms with van der Waals surface area (Å²) >= 11 is 0. The lowest BCUT2D eigenvalue weighted by Gasteiger charge is -2.34. The van der Waals surface area contributed by atoms with Gasteiger partial charge in [0.25, 0.3) is 0 Å². The minimum absolute atomic E-state index is 0.0422. The van der Waals surface area contributed by atoms with Gasteiger partial charge in [0.05, 0.1) is 16.2 Å². The van der Waals surface area contributed by atoms with E-state index in [0.717, 1.165) is 6.42 Å². The molecule has 16 heavy (non-hydrogen) atoms.